The van der Waals surface area contributed by atoms with Gasteiger partial charge in [0.25, 0.3) is 0 Å². The Balaban J connectivity index is 1.10. The van der Waals surface area contributed by atoms with Crippen molar-refractivity contribution in [2.45, 2.75) is 0 Å². The van der Waals surface area contributed by atoms with Crippen LogP contribution in [0, 0.1) is 0 Å². The highest BCUT2D eigenvalue weighted by Gasteiger charge is 2.20. The van der Waals surface area contributed by atoms with Gasteiger partial charge in [-0.1, -0.05) is 152 Å². The zero-order valence-electron chi connectivity index (χ0n) is 29.4. The highest BCUT2D eigenvalue weighted by Crippen LogP contribution is 2.45. The minimum absolute atomic E-state index is 0.896. The van der Waals surface area contributed by atoms with Crippen molar-refractivity contribution in [1.82, 2.24) is 0 Å². The monoisotopic (exact) mass is 687 g/mol. The standard InChI is InChI=1S/C52H33NO/c1-2-10-34(11-3-1)40-14-8-15-43(32-40)53(48-18-9-13-38-28-31-46-45-17-6-7-19-49(45)54-52(46)51(38)48)42-29-26-35(27-30-42)41-25-22-37-21-24-39-23-20-36-12-4-5-16-44(36)50(39)47(37)33-41/h1-33H. The summed E-state index contributed by atoms with van der Waals surface area (Å²) in [7, 11) is 0. The number of furan rings is 1. The predicted octanol–water partition coefficient (Wildman–Crippen LogP) is 15.0. The zero-order valence-corrected chi connectivity index (χ0v) is 29.4. The fourth-order valence-electron chi connectivity index (χ4n) is 8.41. The van der Waals surface area contributed by atoms with E-state index in [9.17, 15) is 0 Å². The zero-order chi connectivity index (χ0) is 35.6. The third-order valence-corrected chi connectivity index (χ3v) is 11.0. The van der Waals surface area contributed by atoms with Gasteiger partial charge >= 0.3 is 0 Å². The molecule has 0 saturated carbocycles. The average molecular weight is 688 g/mol. The van der Waals surface area contributed by atoms with Gasteiger partial charge in [0.15, 0.2) is 0 Å². The van der Waals surface area contributed by atoms with Gasteiger partial charge in [0.1, 0.15) is 11.2 Å². The summed E-state index contributed by atoms with van der Waals surface area (Å²) in [4.78, 5) is 2.38. The lowest BCUT2D eigenvalue weighted by atomic mass is 9.94. The van der Waals surface area contributed by atoms with Crippen molar-refractivity contribution >= 4 is 82.1 Å². The first-order chi connectivity index (χ1) is 26.8. The molecule has 11 aromatic rings. The maximum atomic E-state index is 6.66. The fourth-order valence-corrected chi connectivity index (χ4v) is 8.41. The van der Waals surface area contributed by atoms with Gasteiger partial charge in [0.2, 0.25) is 0 Å². The van der Waals surface area contributed by atoms with Gasteiger partial charge in [-0.2, -0.15) is 0 Å². The van der Waals surface area contributed by atoms with Crippen molar-refractivity contribution in [3.05, 3.63) is 200 Å². The quantitative estimate of drug-likeness (QED) is 0.168. The molecule has 2 heteroatoms. The maximum Gasteiger partial charge on any atom is 0.145 e. The molecule has 0 aliphatic heterocycles. The number of hydrogen-bond donors (Lipinski definition) is 0. The van der Waals surface area contributed by atoms with Gasteiger partial charge in [-0.3, -0.25) is 0 Å². The molecule has 1 aromatic heterocycles. The first-order valence-corrected chi connectivity index (χ1v) is 18.5. The molecular formula is C52H33NO. The van der Waals surface area contributed by atoms with E-state index in [1.165, 1.54) is 54.6 Å². The number of fused-ring (bicyclic) bond motifs is 10. The number of benzene rings is 10. The van der Waals surface area contributed by atoms with E-state index in [0.717, 1.165) is 49.8 Å². The van der Waals surface area contributed by atoms with Gasteiger partial charge in [-0.25, -0.2) is 0 Å². The summed E-state index contributed by atoms with van der Waals surface area (Å²) in [6.07, 6.45) is 0. The molecular weight excluding hydrogens is 655 g/mol. The van der Waals surface area contributed by atoms with Gasteiger partial charge in [-0.05, 0) is 108 Å². The molecule has 10 aromatic carbocycles. The van der Waals surface area contributed by atoms with Crippen LogP contribution in [0.1, 0.15) is 0 Å². The second-order valence-corrected chi connectivity index (χ2v) is 14.1. The molecule has 0 amide bonds. The molecule has 0 radical (unpaired) electrons. The lowest BCUT2D eigenvalue weighted by Gasteiger charge is -2.27. The van der Waals surface area contributed by atoms with Crippen molar-refractivity contribution < 1.29 is 4.42 Å². The van der Waals surface area contributed by atoms with E-state index in [1.54, 1.807) is 0 Å². The lowest BCUT2D eigenvalue weighted by Crippen LogP contribution is -2.10. The van der Waals surface area contributed by atoms with Crippen LogP contribution < -0.4 is 4.90 Å². The second-order valence-electron chi connectivity index (χ2n) is 14.1. The van der Waals surface area contributed by atoms with Crippen molar-refractivity contribution in [3.8, 4) is 22.3 Å². The number of anilines is 3. The van der Waals surface area contributed by atoms with Crippen LogP contribution >= 0.6 is 0 Å². The molecule has 0 saturated heterocycles. The SMILES string of the molecule is c1ccc(-c2cccc(N(c3ccc(-c4ccc5ccc6ccc7ccccc7c6c5c4)cc3)c3cccc4ccc5c6ccccc6oc5c34)c2)cc1. The van der Waals surface area contributed by atoms with E-state index in [1.807, 2.05) is 6.07 Å². The number of para-hydroxylation sites is 1. The molecule has 252 valence electrons. The van der Waals surface area contributed by atoms with Gasteiger partial charge in [0.05, 0.1) is 5.69 Å². The molecule has 0 N–H and O–H groups in total. The van der Waals surface area contributed by atoms with Crippen LogP contribution in [0.5, 0.6) is 0 Å². The van der Waals surface area contributed by atoms with E-state index in [4.69, 9.17) is 4.42 Å². The molecule has 0 aliphatic carbocycles. The Morgan fingerprint density at radius 1 is 0.315 bits per heavy atom. The average Bonchev–Trinajstić information content (AvgIpc) is 3.63. The lowest BCUT2D eigenvalue weighted by molar-refractivity contribution is 0.672. The summed E-state index contributed by atoms with van der Waals surface area (Å²) < 4.78 is 6.66. The van der Waals surface area contributed by atoms with Crippen LogP contribution in [-0.2, 0) is 0 Å². The number of nitrogens with zero attached hydrogens (tertiary/aromatic N) is 1. The van der Waals surface area contributed by atoms with Crippen molar-refractivity contribution in [1.29, 1.82) is 0 Å². The molecule has 0 atom stereocenters. The molecule has 2 nitrogen and oxygen atoms in total. The van der Waals surface area contributed by atoms with E-state index in [-0.39, 0.29) is 0 Å². The van der Waals surface area contributed by atoms with Crippen molar-refractivity contribution in [2.24, 2.45) is 0 Å². The molecule has 0 bridgehead atoms. The van der Waals surface area contributed by atoms with E-state index in [2.05, 4.69) is 199 Å². The smallest absolute Gasteiger partial charge is 0.145 e. The summed E-state index contributed by atoms with van der Waals surface area (Å²) in [6, 6.07) is 72.3. The van der Waals surface area contributed by atoms with Crippen LogP contribution in [0.15, 0.2) is 205 Å². The maximum absolute atomic E-state index is 6.66. The topological polar surface area (TPSA) is 16.4 Å². The Bertz CT molecular complexity index is 3210. The minimum Gasteiger partial charge on any atom is -0.455 e. The number of rotatable bonds is 5. The first-order valence-electron chi connectivity index (χ1n) is 18.5. The summed E-state index contributed by atoms with van der Waals surface area (Å²) in [5.41, 5.74) is 9.74. The summed E-state index contributed by atoms with van der Waals surface area (Å²) in [5.74, 6) is 0. The number of hydrogen-bond acceptors (Lipinski definition) is 2. The Hall–Kier alpha value is -7.16. The molecule has 11 rings (SSSR count). The van der Waals surface area contributed by atoms with Crippen molar-refractivity contribution in [2.75, 3.05) is 4.90 Å². The Kier molecular flexibility index (Phi) is 6.90. The summed E-state index contributed by atoms with van der Waals surface area (Å²) >= 11 is 0. The van der Waals surface area contributed by atoms with Crippen LogP contribution in [0.3, 0.4) is 0 Å². The molecule has 0 unspecified atom stereocenters. The fraction of sp³-hybridized carbons (Fsp3) is 0. The van der Waals surface area contributed by atoms with Crippen molar-refractivity contribution in [3.63, 3.8) is 0 Å². The second kappa shape index (κ2) is 12.2. The summed E-state index contributed by atoms with van der Waals surface area (Å²) in [5, 5.41) is 12.1. The van der Waals surface area contributed by atoms with Gasteiger partial charge in [0, 0.05) is 27.5 Å². The Labute approximate surface area is 312 Å². The third-order valence-electron chi connectivity index (χ3n) is 11.0. The van der Waals surface area contributed by atoms with E-state index in [0.29, 0.717) is 0 Å². The Morgan fingerprint density at radius 3 is 1.78 bits per heavy atom. The molecule has 0 aliphatic rings. The van der Waals surface area contributed by atoms with E-state index >= 15 is 0 Å². The van der Waals surface area contributed by atoms with Crippen LogP contribution in [0.25, 0.3) is 87.3 Å². The van der Waals surface area contributed by atoms with Crippen LogP contribution in [0.4, 0.5) is 17.1 Å². The van der Waals surface area contributed by atoms with E-state index < -0.39 is 0 Å². The third kappa shape index (κ3) is 4.88. The normalized spacial score (nSPS) is 11.7. The summed E-state index contributed by atoms with van der Waals surface area (Å²) in [6.45, 7) is 0. The highest BCUT2D eigenvalue weighted by atomic mass is 16.3. The Morgan fingerprint density at radius 2 is 0.907 bits per heavy atom. The predicted molar refractivity (Wildman–Crippen MR) is 229 cm³/mol. The highest BCUT2D eigenvalue weighted by molar-refractivity contribution is 6.21. The van der Waals surface area contributed by atoms with Crippen LogP contribution in [0.2, 0.25) is 0 Å². The first kappa shape index (κ1) is 30.5. The minimum atomic E-state index is 0.896. The molecule has 0 spiro atoms. The van der Waals surface area contributed by atoms with Crippen LogP contribution in [-0.4, -0.2) is 0 Å². The molecule has 54 heavy (non-hydrogen) atoms. The molecule has 0 fully saturated rings. The molecule has 1 heterocycles. The largest absolute Gasteiger partial charge is 0.455 e. The van der Waals surface area contributed by atoms with Gasteiger partial charge < -0.3 is 9.32 Å². The van der Waals surface area contributed by atoms with Gasteiger partial charge in [-0.15, -0.1) is 0 Å².